The van der Waals surface area contributed by atoms with Crippen molar-refractivity contribution in [1.29, 1.82) is 0 Å². The molecular formula is C27H28ClN5O2. The summed E-state index contributed by atoms with van der Waals surface area (Å²) in [6, 6.07) is 17.5. The standard InChI is InChI=1S/C27H28ClN5O2/c1-3-6-23-21(18-29-26-17-22(30-33(23)26)19-9-11-20(28)12-10-19)27(34)32-15-13-31(14-16-32)24-7-4-5-8-25(24)35-2/h4-5,7-12,17-18H,3,6,13-16H2,1-2H3. The Hall–Kier alpha value is -3.58. The van der Waals surface area contributed by atoms with E-state index >= 15 is 0 Å². The number of aryl methyl sites for hydroxylation is 1. The Morgan fingerprint density at radius 1 is 1.06 bits per heavy atom. The molecule has 0 unspecified atom stereocenters. The van der Waals surface area contributed by atoms with E-state index in [1.165, 1.54) is 0 Å². The summed E-state index contributed by atoms with van der Waals surface area (Å²) in [6.07, 6.45) is 3.35. The van der Waals surface area contributed by atoms with Gasteiger partial charge in [-0.15, -0.1) is 0 Å². The molecule has 0 N–H and O–H groups in total. The second-order valence-electron chi connectivity index (χ2n) is 8.63. The number of amides is 1. The summed E-state index contributed by atoms with van der Waals surface area (Å²) in [6.45, 7) is 4.86. The number of benzene rings is 2. The minimum Gasteiger partial charge on any atom is -0.495 e. The molecule has 1 saturated heterocycles. The Labute approximate surface area is 209 Å². The van der Waals surface area contributed by atoms with Crippen LogP contribution in [0.2, 0.25) is 5.02 Å². The van der Waals surface area contributed by atoms with Crippen LogP contribution in [0.5, 0.6) is 5.75 Å². The smallest absolute Gasteiger partial charge is 0.257 e. The maximum absolute atomic E-state index is 13.6. The second-order valence-corrected chi connectivity index (χ2v) is 9.06. The van der Waals surface area contributed by atoms with Crippen molar-refractivity contribution in [3.63, 3.8) is 0 Å². The number of fused-ring (bicyclic) bond motifs is 1. The van der Waals surface area contributed by atoms with Crippen LogP contribution in [-0.2, 0) is 6.42 Å². The number of hydrogen-bond acceptors (Lipinski definition) is 5. The SMILES string of the molecule is CCCc1c(C(=O)N2CCN(c3ccccc3OC)CC2)cnc2cc(-c3ccc(Cl)cc3)nn12. The van der Waals surface area contributed by atoms with Crippen LogP contribution in [0.25, 0.3) is 16.9 Å². The number of ether oxygens (including phenoxy) is 1. The van der Waals surface area contributed by atoms with Crippen LogP contribution in [0.4, 0.5) is 5.69 Å². The number of carbonyl (C=O) groups excluding carboxylic acids is 1. The molecule has 2 aromatic heterocycles. The van der Waals surface area contributed by atoms with Gasteiger partial charge in [-0.2, -0.15) is 5.10 Å². The van der Waals surface area contributed by atoms with E-state index < -0.39 is 0 Å². The number of halogens is 1. The number of piperazine rings is 1. The van der Waals surface area contributed by atoms with Gasteiger partial charge in [-0.1, -0.05) is 49.2 Å². The maximum atomic E-state index is 13.6. The third-order valence-electron chi connectivity index (χ3n) is 6.43. The molecule has 0 saturated carbocycles. The van der Waals surface area contributed by atoms with Gasteiger partial charge in [-0.25, -0.2) is 9.50 Å². The molecule has 0 bridgehead atoms. The van der Waals surface area contributed by atoms with E-state index in [1.54, 1.807) is 13.3 Å². The number of rotatable bonds is 6. The zero-order valence-electron chi connectivity index (χ0n) is 19.9. The van der Waals surface area contributed by atoms with E-state index in [-0.39, 0.29) is 5.91 Å². The average Bonchev–Trinajstić information content (AvgIpc) is 3.34. The van der Waals surface area contributed by atoms with Crippen molar-refractivity contribution >= 4 is 28.8 Å². The predicted molar refractivity (Wildman–Crippen MR) is 139 cm³/mol. The first-order valence-electron chi connectivity index (χ1n) is 11.9. The fourth-order valence-corrected chi connectivity index (χ4v) is 4.74. The molecular weight excluding hydrogens is 462 g/mol. The number of nitrogens with zero attached hydrogens (tertiary/aromatic N) is 5. The lowest BCUT2D eigenvalue weighted by atomic mass is 10.1. The Kier molecular flexibility index (Phi) is 6.59. The first kappa shape index (κ1) is 23.2. The number of aromatic nitrogens is 3. The summed E-state index contributed by atoms with van der Waals surface area (Å²) in [5.41, 5.74) is 5.08. The van der Waals surface area contributed by atoms with Gasteiger partial charge in [0.05, 0.1) is 29.7 Å². The normalized spacial score (nSPS) is 13.9. The Balaban J connectivity index is 1.40. The van der Waals surface area contributed by atoms with Crippen LogP contribution < -0.4 is 9.64 Å². The van der Waals surface area contributed by atoms with Crippen LogP contribution in [0.1, 0.15) is 29.4 Å². The molecule has 0 radical (unpaired) electrons. The number of carbonyl (C=O) groups is 1. The van der Waals surface area contributed by atoms with E-state index in [0.717, 1.165) is 60.0 Å². The summed E-state index contributed by atoms with van der Waals surface area (Å²) < 4.78 is 7.34. The second kappa shape index (κ2) is 9.96. The third-order valence-corrected chi connectivity index (χ3v) is 6.68. The first-order chi connectivity index (χ1) is 17.1. The molecule has 1 fully saturated rings. The van der Waals surface area contributed by atoms with E-state index in [4.69, 9.17) is 21.4 Å². The fourth-order valence-electron chi connectivity index (χ4n) is 4.61. The molecule has 2 aromatic carbocycles. The lowest BCUT2D eigenvalue weighted by molar-refractivity contribution is 0.0744. The molecule has 1 aliphatic heterocycles. The minimum absolute atomic E-state index is 0.00562. The van der Waals surface area contributed by atoms with Crippen LogP contribution in [0.15, 0.2) is 60.8 Å². The van der Waals surface area contributed by atoms with Gasteiger partial charge >= 0.3 is 0 Å². The number of methoxy groups -OCH3 is 1. The molecule has 35 heavy (non-hydrogen) atoms. The monoisotopic (exact) mass is 489 g/mol. The number of anilines is 1. The fraction of sp³-hybridized carbons (Fsp3) is 0.296. The van der Waals surface area contributed by atoms with Gasteiger partial charge in [-0.3, -0.25) is 4.79 Å². The Morgan fingerprint density at radius 2 is 1.80 bits per heavy atom. The zero-order chi connectivity index (χ0) is 24.4. The van der Waals surface area contributed by atoms with Gasteiger partial charge in [0, 0.05) is 49.0 Å². The van der Waals surface area contributed by atoms with Gasteiger partial charge in [0.2, 0.25) is 0 Å². The van der Waals surface area contributed by atoms with Crippen LogP contribution in [0, 0.1) is 0 Å². The van der Waals surface area contributed by atoms with Crippen molar-refractivity contribution in [3.8, 4) is 17.0 Å². The van der Waals surface area contributed by atoms with Crippen molar-refractivity contribution in [2.24, 2.45) is 0 Å². The van der Waals surface area contributed by atoms with E-state index in [0.29, 0.717) is 23.7 Å². The van der Waals surface area contributed by atoms with Crippen molar-refractivity contribution in [2.45, 2.75) is 19.8 Å². The molecule has 0 atom stereocenters. The van der Waals surface area contributed by atoms with E-state index in [1.807, 2.05) is 57.9 Å². The Morgan fingerprint density at radius 3 is 2.51 bits per heavy atom. The summed E-state index contributed by atoms with van der Waals surface area (Å²) in [7, 11) is 1.69. The topological polar surface area (TPSA) is 63.0 Å². The van der Waals surface area contributed by atoms with Gasteiger partial charge < -0.3 is 14.5 Å². The largest absolute Gasteiger partial charge is 0.495 e. The highest BCUT2D eigenvalue weighted by Crippen LogP contribution is 2.29. The van der Waals surface area contributed by atoms with Crippen molar-refractivity contribution < 1.29 is 9.53 Å². The third kappa shape index (κ3) is 4.56. The molecule has 0 spiro atoms. The van der Waals surface area contributed by atoms with Crippen molar-refractivity contribution in [1.82, 2.24) is 19.5 Å². The molecule has 4 aromatic rings. The molecule has 1 aliphatic rings. The van der Waals surface area contributed by atoms with Gasteiger partial charge in [-0.05, 0) is 30.7 Å². The van der Waals surface area contributed by atoms with Crippen LogP contribution in [0.3, 0.4) is 0 Å². The minimum atomic E-state index is 0.00562. The maximum Gasteiger partial charge on any atom is 0.257 e. The lowest BCUT2D eigenvalue weighted by Crippen LogP contribution is -2.49. The number of hydrogen-bond donors (Lipinski definition) is 0. The molecule has 7 nitrogen and oxygen atoms in total. The van der Waals surface area contributed by atoms with Gasteiger partial charge in [0.15, 0.2) is 5.65 Å². The average molecular weight is 490 g/mol. The highest BCUT2D eigenvalue weighted by atomic mass is 35.5. The highest BCUT2D eigenvalue weighted by Gasteiger charge is 2.26. The summed E-state index contributed by atoms with van der Waals surface area (Å²) >= 11 is 6.04. The first-order valence-corrected chi connectivity index (χ1v) is 12.3. The summed E-state index contributed by atoms with van der Waals surface area (Å²) in [5, 5.41) is 5.49. The molecule has 0 aliphatic carbocycles. The highest BCUT2D eigenvalue weighted by molar-refractivity contribution is 6.30. The predicted octanol–water partition coefficient (Wildman–Crippen LogP) is 4.97. The van der Waals surface area contributed by atoms with Crippen molar-refractivity contribution in [2.75, 3.05) is 38.2 Å². The zero-order valence-corrected chi connectivity index (χ0v) is 20.7. The molecule has 1 amide bonds. The summed E-state index contributed by atoms with van der Waals surface area (Å²) in [4.78, 5) is 22.4. The molecule has 5 rings (SSSR count). The van der Waals surface area contributed by atoms with Gasteiger partial charge in [0.25, 0.3) is 5.91 Å². The van der Waals surface area contributed by atoms with Crippen LogP contribution in [-0.4, -0.2) is 58.7 Å². The molecule has 180 valence electrons. The lowest BCUT2D eigenvalue weighted by Gasteiger charge is -2.36. The molecule has 3 heterocycles. The molecule has 8 heteroatoms. The number of para-hydroxylation sites is 2. The van der Waals surface area contributed by atoms with Gasteiger partial charge in [0.1, 0.15) is 5.75 Å². The Bertz CT molecular complexity index is 1340. The van der Waals surface area contributed by atoms with E-state index in [2.05, 4.69) is 22.9 Å². The van der Waals surface area contributed by atoms with Crippen LogP contribution >= 0.6 is 11.6 Å². The van der Waals surface area contributed by atoms with E-state index in [9.17, 15) is 4.79 Å². The van der Waals surface area contributed by atoms with Crippen molar-refractivity contribution in [3.05, 3.63) is 77.1 Å². The quantitative estimate of drug-likeness (QED) is 0.382. The summed E-state index contributed by atoms with van der Waals surface area (Å²) in [5.74, 6) is 0.855.